The summed E-state index contributed by atoms with van der Waals surface area (Å²) in [7, 11) is 0. The van der Waals surface area contributed by atoms with Crippen molar-refractivity contribution >= 4 is 27.3 Å². The molecule has 2 heterocycles. The van der Waals surface area contributed by atoms with Crippen LogP contribution < -0.4 is 5.73 Å². The Bertz CT molecular complexity index is 881. The van der Waals surface area contributed by atoms with Crippen LogP contribution in [0.2, 0.25) is 0 Å². The van der Waals surface area contributed by atoms with Gasteiger partial charge in [-0.2, -0.15) is 0 Å². The van der Waals surface area contributed by atoms with Gasteiger partial charge in [0.1, 0.15) is 0 Å². The van der Waals surface area contributed by atoms with E-state index in [1.165, 1.54) is 21.2 Å². The van der Waals surface area contributed by atoms with Crippen LogP contribution in [0.4, 0.5) is 0 Å². The summed E-state index contributed by atoms with van der Waals surface area (Å²) in [5, 5.41) is 3.36. The van der Waals surface area contributed by atoms with Crippen LogP contribution in [-0.4, -0.2) is 29.9 Å². The molecule has 4 rings (SSSR count). The fourth-order valence-electron chi connectivity index (χ4n) is 3.91. The van der Waals surface area contributed by atoms with Crippen molar-refractivity contribution in [1.82, 2.24) is 4.90 Å². The quantitative estimate of drug-likeness (QED) is 0.755. The number of benzene rings is 2. The molecule has 0 saturated carbocycles. The molecule has 2 aromatic carbocycles. The number of hydrogen-bond acceptors (Lipinski definition) is 3. The van der Waals surface area contributed by atoms with Crippen LogP contribution in [-0.2, 0) is 11.2 Å². The summed E-state index contributed by atoms with van der Waals surface area (Å²) in [4.78, 5) is 14.8. The molecule has 0 radical (unpaired) electrons. The average molecular weight is 365 g/mol. The van der Waals surface area contributed by atoms with Crippen LogP contribution >= 0.6 is 11.3 Å². The molecule has 2 N–H and O–H groups in total. The molecule has 1 amide bonds. The van der Waals surface area contributed by atoms with E-state index >= 15 is 0 Å². The fourth-order valence-corrected chi connectivity index (χ4v) is 4.88. The highest BCUT2D eigenvalue weighted by atomic mass is 32.1. The minimum absolute atomic E-state index is 0.0896. The first kappa shape index (κ1) is 17.3. The number of piperidine rings is 1. The number of thiophene rings is 1. The Balaban J connectivity index is 1.37. The van der Waals surface area contributed by atoms with E-state index in [0.717, 1.165) is 25.9 Å². The van der Waals surface area contributed by atoms with E-state index in [4.69, 9.17) is 5.73 Å². The first-order chi connectivity index (χ1) is 12.7. The van der Waals surface area contributed by atoms with Crippen LogP contribution in [0.5, 0.6) is 0 Å². The second kappa shape index (κ2) is 7.60. The Morgan fingerprint density at radius 1 is 1.08 bits per heavy atom. The van der Waals surface area contributed by atoms with Crippen molar-refractivity contribution in [2.75, 3.05) is 13.1 Å². The molecule has 1 aliphatic rings. The molecule has 0 aliphatic carbocycles. The molecule has 1 atom stereocenters. The maximum atomic E-state index is 12.8. The largest absolute Gasteiger partial charge is 0.341 e. The number of carbonyl (C=O) groups is 1. The highest BCUT2D eigenvalue weighted by Crippen LogP contribution is 2.29. The number of hydrogen-bond donors (Lipinski definition) is 1. The molecule has 1 unspecified atom stereocenters. The summed E-state index contributed by atoms with van der Waals surface area (Å²) in [5.74, 6) is 0.643. The number of nitrogens with two attached hydrogens (primary N) is 1. The van der Waals surface area contributed by atoms with Crippen molar-refractivity contribution in [1.29, 1.82) is 0 Å². The molecule has 3 aromatic rings. The smallest absolute Gasteiger partial charge is 0.239 e. The van der Waals surface area contributed by atoms with E-state index in [1.54, 1.807) is 11.3 Å². The monoisotopic (exact) mass is 364 g/mol. The van der Waals surface area contributed by atoms with Gasteiger partial charge in [0.05, 0.1) is 6.04 Å². The van der Waals surface area contributed by atoms with E-state index in [2.05, 4.69) is 47.8 Å². The lowest BCUT2D eigenvalue weighted by Gasteiger charge is -2.33. The van der Waals surface area contributed by atoms with Gasteiger partial charge in [0.15, 0.2) is 0 Å². The van der Waals surface area contributed by atoms with Crippen molar-refractivity contribution in [2.24, 2.45) is 5.73 Å². The second-order valence-corrected chi connectivity index (χ2v) is 7.99. The summed E-state index contributed by atoms with van der Waals surface area (Å²) in [6, 6.07) is 18.5. The van der Waals surface area contributed by atoms with Crippen molar-refractivity contribution in [3.05, 3.63) is 71.1 Å². The zero-order chi connectivity index (χ0) is 17.9. The predicted molar refractivity (Wildman–Crippen MR) is 109 cm³/mol. The maximum Gasteiger partial charge on any atom is 0.239 e. The van der Waals surface area contributed by atoms with Gasteiger partial charge in [-0.1, -0.05) is 48.5 Å². The lowest BCUT2D eigenvalue weighted by molar-refractivity contribution is -0.133. The molecule has 1 aromatic heterocycles. The number of rotatable bonds is 4. The maximum absolute atomic E-state index is 12.8. The normalized spacial score (nSPS) is 16.7. The summed E-state index contributed by atoms with van der Waals surface area (Å²) in [5.41, 5.74) is 8.86. The van der Waals surface area contributed by atoms with Gasteiger partial charge in [-0.3, -0.25) is 4.79 Å². The molecule has 1 fully saturated rings. The van der Waals surface area contributed by atoms with Gasteiger partial charge in [0.25, 0.3) is 0 Å². The number of fused-ring (bicyclic) bond motifs is 1. The van der Waals surface area contributed by atoms with Crippen molar-refractivity contribution < 1.29 is 4.79 Å². The lowest BCUT2D eigenvalue weighted by atomic mass is 9.89. The van der Waals surface area contributed by atoms with Gasteiger partial charge in [0, 0.05) is 17.8 Å². The van der Waals surface area contributed by atoms with Crippen LogP contribution in [0.3, 0.4) is 0 Å². The predicted octanol–water partition coefficient (Wildman–Crippen LogP) is 4.18. The third-order valence-corrected chi connectivity index (χ3v) is 6.41. The SMILES string of the molecule is NC(Cc1csc2ccccc12)C(=O)N1CCC(c2ccccc2)CC1. The number of carbonyl (C=O) groups excluding carboxylic acids is 1. The van der Waals surface area contributed by atoms with Gasteiger partial charge >= 0.3 is 0 Å². The van der Waals surface area contributed by atoms with Crippen LogP contribution in [0.1, 0.15) is 29.9 Å². The van der Waals surface area contributed by atoms with Gasteiger partial charge in [-0.25, -0.2) is 0 Å². The van der Waals surface area contributed by atoms with Gasteiger partial charge in [0.2, 0.25) is 5.91 Å². The zero-order valence-corrected chi connectivity index (χ0v) is 15.6. The minimum atomic E-state index is -0.457. The van der Waals surface area contributed by atoms with Crippen molar-refractivity contribution in [2.45, 2.75) is 31.2 Å². The van der Waals surface area contributed by atoms with Crippen LogP contribution in [0.25, 0.3) is 10.1 Å². The third-order valence-electron chi connectivity index (χ3n) is 5.40. The van der Waals surface area contributed by atoms with Crippen LogP contribution in [0, 0.1) is 0 Å². The van der Waals surface area contributed by atoms with E-state index in [1.807, 2.05) is 17.0 Å². The Labute approximate surface area is 158 Å². The van der Waals surface area contributed by atoms with E-state index < -0.39 is 6.04 Å². The first-order valence-electron chi connectivity index (χ1n) is 9.27. The Morgan fingerprint density at radius 3 is 2.54 bits per heavy atom. The average Bonchev–Trinajstić information content (AvgIpc) is 3.11. The topological polar surface area (TPSA) is 46.3 Å². The van der Waals surface area contributed by atoms with Gasteiger partial charge < -0.3 is 10.6 Å². The molecule has 26 heavy (non-hydrogen) atoms. The summed E-state index contributed by atoms with van der Waals surface area (Å²) in [6.07, 6.45) is 2.65. The van der Waals surface area contributed by atoms with Crippen LogP contribution in [0.15, 0.2) is 60.0 Å². The molecule has 3 nitrogen and oxygen atoms in total. The van der Waals surface area contributed by atoms with Gasteiger partial charge in [-0.15, -0.1) is 11.3 Å². The summed E-state index contributed by atoms with van der Waals surface area (Å²) >= 11 is 1.72. The highest BCUT2D eigenvalue weighted by Gasteiger charge is 2.27. The number of nitrogens with zero attached hydrogens (tertiary/aromatic N) is 1. The minimum Gasteiger partial charge on any atom is -0.341 e. The van der Waals surface area contributed by atoms with E-state index in [9.17, 15) is 4.79 Å². The molecule has 134 valence electrons. The number of amides is 1. The lowest BCUT2D eigenvalue weighted by Crippen LogP contribution is -2.47. The molecule has 1 saturated heterocycles. The highest BCUT2D eigenvalue weighted by molar-refractivity contribution is 7.17. The number of likely N-dealkylation sites (tertiary alicyclic amines) is 1. The van der Waals surface area contributed by atoms with Gasteiger partial charge in [-0.05, 0) is 53.1 Å². The Morgan fingerprint density at radius 2 is 1.77 bits per heavy atom. The van der Waals surface area contributed by atoms with Crippen molar-refractivity contribution in [3.63, 3.8) is 0 Å². The van der Waals surface area contributed by atoms with Crippen molar-refractivity contribution in [3.8, 4) is 0 Å². The molecule has 0 bridgehead atoms. The second-order valence-electron chi connectivity index (χ2n) is 7.08. The molecule has 4 heteroatoms. The summed E-state index contributed by atoms with van der Waals surface area (Å²) < 4.78 is 1.26. The zero-order valence-electron chi connectivity index (χ0n) is 14.8. The molecule has 1 aliphatic heterocycles. The Hall–Kier alpha value is -2.17. The first-order valence-corrected chi connectivity index (χ1v) is 10.1. The summed E-state index contributed by atoms with van der Waals surface area (Å²) in [6.45, 7) is 1.60. The Kier molecular flexibility index (Phi) is 5.05. The molecule has 0 spiro atoms. The molecular formula is C22H24N2OS. The molecular weight excluding hydrogens is 340 g/mol. The fraction of sp³-hybridized carbons (Fsp3) is 0.318. The standard InChI is InChI=1S/C22H24N2OS/c23-20(14-18-15-26-21-9-5-4-8-19(18)21)22(25)24-12-10-17(11-13-24)16-6-2-1-3-7-16/h1-9,15,17,20H,10-14,23H2. The van der Waals surface area contributed by atoms with E-state index in [-0.39, 0.29) is 5.91 Å². The van der Waals surface area contributed by atoms with E-state index in [0.29, 0.717) is 12.3 Å². The third kappa shape index (κ3) is 3.53.